The molecular weight excluding hydrogens is 220 g/mol. The van der Waals surface area contributed by atoms with Gasteiger partial charge in [0, 0.05) is 12.6 Å². The van der Waals surface area contributed by atoms with E-state index in [1.54, 1.807) is 5.57 Å². The third-order valence-corrected chi connectivity index (χ3v) is 4.40. The van der Waals surface area contributed by atoms with Crippen molar-refractivity contribution >= 4 is 0 Å². The molecule has 0 spiro atoms. The van der Waals surface area contributed by atoms with Crippen LogP contribution in [0, 0.1) is 0 Å². The predicted molar refractivity (Wildman–Crippen MR) is 78.9 cm³/mol. The first-order valence-electron chi connectivity index (χ1n) is 8.02. The van der Waals surface area contributed by atoms with Crippen molar-refractivity contribution in [1.29, 1.82) is 0 Å². The predicted octanol–water partition coefficient (Wildman–Crippen LogP) is 3.34. The van der Waals surface area contributed by atoms with E-state index in [-0.39, 0.29) is 0 Å². The molecule has 2 rings (SSSR count). The van der Waals surface area contributed by atoms with Crippen LogP contribution < -0.4 is 5.32 Å². The summed E-state index contributed by atoms with van der Waals surface area (Å²) in [5, 5.41) is 3.66. The number of hydrogen-bond donors (Lipinski definition) is 1. The Kier molecular flexibility index (Phi) is 6.22. The monoisotopic (exact) mass is 250 g/mol. The minimum Gasteiger partial charge on any atom is -0.314 e. The Balaban J connectivity index is 1.60. The first-order chi connectivity index (χ1) is 8.88. The topological polar surface area (TPSA) is 15.3 Å². The molecule has 0 saturated carbocycles. The summed E-state index contributed by atoms with van der Waals surface area (Å²) in [6.45, 7) is 7.34. The molecule has 0 aromatic heterocycles. The summed E-state index contributed by atoms with van der Waals surface area (Å²) in [5.41, 5.74) is 1.73. The molecule has 2 nitrogen and oxygen atoms in total. The van der Waals surface area contributed by atoms with Gasteiger partial charge in [0.15, 0.2) is 0 Å². The fourth-order valence-corrected chi connectivity index (χ4v) is 3.14. The average molecular weight is 250 g/mol. The van der Waals surface area contributed by atoms with Crippen molar-refractivity contribution in [1.82, 2.24) is 10.2 Å². The molecule has 1 fully saturated rings. The van der Waals surface area contributed by atoms with Crippen LogP contribution in [0.4, 0.5) is 0 Å². The van der Waals surface area contributed by atoms with Gasteiger partial charge >= 0.3 is 0 Å². The average Bonchev–Trinajstić information content (AvgIpc) is 2.45. The molecule has 0 radical (unpaired) electrons. The molecule has 1 N–H and O–H groups in total. The number of likely N-dealkylation sites (tertiary alicyclic amines) is 1. The summed E-state index contributed by atoms with van der Waals surface area (Å²) in [6, 6.07) is 0.787. The largest absolute Gasteiger partial charge is 0.314 e. The standard InChI is InChI=1S/C16H30N2/c1-2-11-17-16-9-13-18(14-10-16)12-8-15-6-4-3-5-7-15/h6,16-17H,2-5,7-14H2,1H3. The third-order valence-electron chi connectivity index (χ3n) is 4.40. The van der Waals surface area contributed by atoms with Crippen molar-refractivity contribution in [3.8, 4) is 0 Å². The van der Waals surface area contributed by atoms with Crippen molar-refractivity contribution < 1.29 is 0 Å². The van der Waals surface area contributed by atoms with Gasteiger partial charge in [-0.15, -0.1) is 0 Å². The minimum atomic E-state index is 0.787. The van der Waals surface area contributed by atoms with Crippen LogP contribution in [0.1, 0.15) is 58.3 Å². The highest BCUT2D eigenvalue weighted by atomic mass is 15.1. The van der Waals surface area contributed by atoms with Crippen molar-refractivity contribution in [2.45, 2.75) is 64.3 Å². The molecule has 104 valence electrons. The highest BCUT2D eigenvalue weighted by molar-refractivity contribution is 5.05. The van der Waals surface area contributed by atoms with Crippen LogP contribution in [-0.2, 0) is 0 Å². The molecule has 0 amide bonds. The molecule has 2 heteroatoms. The first kappa shape index (κ1) is 14.1. The van der Waals surface area contributed by atoms with Gasteiger partial charge in [-0.05, 0) is 71.0 Å². The van der Waals surface area contributed by atoms with Crippen molar-refractivity contribution in [2.75, 3.05) is 26.2 Å². The fourth-order valence-electron chi connectivity index (χ4n) is 3.14. The highest BCUT2D eigenvalue weighted by Gasteiger charge is 2.18. The zero-order valence-corrected chi connectivity index (χ0v) is 12.1. The maximum Gasteiger partial charge on any atom is 0.00914 e. The number of rotatable bonds is 6. The summed E-state index contributed by atoms with van der Waals surface area (Å²) in [4.78, 5) is 2.67. The maximum absolute atomic E-state index is 3.66. The number of allylic oxidation sites excluding steroid dienone is 1. The molecule has 1 heterocycles. The lowest BCUT2D eigenvalue weighted by Crippen LogP contribution is -2.43. The van der Waals surface area contributed by atoms with Gasteiger partial charge in [-0.3, -0.25) is 0 Å². The number of nitrogens with zero attached hydrogens (tertiary/aromatic N) is 1. The normalized spacial score (nSPS) is 23.1. The molecule has 0 bridgehead atoms. The van der Waals surface area contributed by atoms with E-state index in [9.17, 15) is 0 Å². The van der Waals surface area contributed by atoms with Crippen molar-refractivity contribution in [3.63, 3.8) is 0 Å². The second-order valence-electron chi connectivity index (χ2n) is 5.93. The van der Waals surface area contributed by atoms with Gasteiger partial charge in [0.2, 0.25) is 0 Å². The summed E-state index contributed by atoms with van der Waals surface area (Å²) in [6.07, 6.45) is 13.3. The fraction of sp³-hybridized carbons (Fsp3) is 0.875. The number of nitrogens with one attached hydrogen (secondary N) is 1. The molecular formula is C16H30N2. The Bertz CT molecular complexity index is 252. The van der Waals surface area contributed by atoms with E-state index >= 15 is 0 Å². The highest BCUT2D eigenvalue weighted by Crippen LogP contribution is 2.21. The van der Waals surface area contributed by atoms with Gasteiger partial charge in [-0.1, -0.05) is 18.6 Å². The molecule has 18 heavy (non-hydrogen) atoms. The lowest BCUT2D eigenvalue weighted by atomic mass is 9.96. The van der Waals surface area contributed by atoms with Gasteiger partial charge in [0.05, 0.1) is 0 Å². The third kappa shape index (κ3) is 4.74. The molecule has 2 aliphatic rings. The summed E-state index contributed by atoms with van der Waals surface area (Å²) < 4.78 is 0. The quantitative estimate of drug-likeness (QED) is 0.727. The van der Waals surface area contributed by atoms with Gasteiger partial charge in [-0.25, -0.2) is 0 Å². The van der Waals surface area contributed by atoms with Crippen molar-refractivity contribution in [3.05, 3.63) is 11.6 Å². The summed E-state index contributed by atoms with van der Waals surface area (Å²) in [5.74, 6) is 0. The zero-order valence-electron chi connectivity index (χ0n) is 12.1. The van der Waals surface area contributed by atoms with Crippen molar-refractivity contribution in [2.24, 2.45) is 0 Å². The first-order valence-corrected chi connectivity index (χ1v) is 8.02. The van der Waals surface area contributed by atoms with Gasteiger partial charge in [0.25, 0.3) is 0 Å². The van der Waals surface area contributed by atoms with Crippen LogP contribution in [0.25, 0.3) is 0 Å². The zero-order chi connectivity index (χ0) is 12.6. The second-order valence-corrected chi connectivity index (χ2v) is 5.93. The van der Waals surface area contributed by atoms with Gasteiger partial charge in [-0.2, -0.15) is 0 Å². The Hall–Kier alpha value is -0.340. The van der Waals surface area contributed by atoms with Gasteiger partial charge in [0.1, 0.15) is 0 Å². The van der Waals surface area contributed by atoms with Crippen LogP contribution in [-0.4, -0.2) is 37.1 Å². The Morgan fingerprint density at radius 1 is 1.28 bits per heavy atom. The molecule has 0 unspecified atom stereocenters. The smallest absolute Gasteiger partial charge is 0.00914 e. The molecule has 0 aromatic rings. The summed E-state index contributed by atoms with van der Waals surface area (Å²) in [7, 11) is 0. The van der Waals surface area contributed by atoms with Gasteiger partial charge < -0.3 is 10.2 Å². The van der Waals surface area contributed by atoms with E-state index < -0.39 is 0 Å². The molecule has 1 aliphatic carbocycles. The minimum absolute atomic E-state index is 0.787. The van der Waals surface area contributed by atoms with E-state index in [4.69, 9.17) is 0 Å². The lowest BCUT2D eigenvalue weighted by Gasteiger charge is -2.32. The van der Waals surface area contributed by atoms with Crippen LogP contribution in [0.2, 0.25) is 0 Å². The molecule has 1 saturated heterocycles. The van der Waals surface area contributed by atoms with E-state index in [0.29, 0.717) is 0 Å². The second kappa shape index (κ2) is 7.96. The maximum atomic E-state index is 3.66. The van der Waals surface area contributed by atoms with E-state index in [0.717, 1.165) is 6.04 Å². The van der Waals surface area contributed by atoms with E-state index in [1.165, 1.54) is 77.5 Å². The molecule has 0 aromatic carbocycles. The van der Waals surface area contributed by atoms with Crippen LogP contribution >= 0.6 is 0 Å². The summed E-state index contributed by atoms with van der Waals surface area (Å²) >= 11 is 0. The molecule has 0 atom stereocenters. The van der Waals surface area contributed by atoms with E-state index in [2.05, 4.69) is 23.2 Å². The van der Waals surface area contributed by atoms with Crippen LogP contribution in [0.3, 0.4) is 0 Å². The lowest BCUT2D eigenvalue weighted by molar-refractivity contribution is 0.199. The Morgan fingerprint density at radius 3 is 2.78 bits per heavy atom. The number of hydrogen-bond acceptors (Lipinski definition) is 2. The molecule has 1 aliphatic heterocycles. The van der Waals surface area contributed by atoms with Crippen LogP contribution in [0.15, 0.2) is 11.6 Å². The van der Waals surface area contributed by atoms with E-state index in [1.807, 2.05) is 0 Å². The SMILES string of the molecule is CCCNC1CCN(CCC2=CCCCC2)CC1. The van der Waals surface area contributed by atoms with Crippen LogP contribution in [0.5, 0.6) is 0 Å². The Morgan fingerprint density at radius 2 is 2.11 bits per heavy atom. The number of piperidine rings is 1. The Labute approximate surface area is 113 Å².